The van der Waals surface area contributed by atoms with E-state index in [1.54, 1.807) is 31.5 Å². The van der Waals surface area contributed by atoms with E-state index in [1.165, 1.54) is 10.5 Å². The number of nitrogens with zero attached hydrogens (tertiary/aromatic N) is 2. The normalized spacial score (nSPS) is 10.9. The molecule has 0 aliphatic carbocycles. The van der Waals surface area contributed by atoms with Gasteiger partial charge in [-0.05, 0) is 59.7 Å². The van der Waals surface area contributed by atoms with Crippen molar-refractivity contribution in [2.24, 2.45) is 0 Å². The maximum atomic E-state index is 13.3. The smallest absolute Gasteiger partial charge is 0.259 e. The largest absolute Gasteiger partial charge is 0.495 e. The molecule has 0 spiro atoms. The van der Waals surface area contributed by atoms with Crippen LogP contribution >= 0.6 is 0 Å². The van der Waals surface area contributed by atoms with E-state index in [-0.39, 0.29) is 18.1 Å². The molecule has 0 unspecified atom stereocenters. The lowest BCUT2D eigenvalue weighted by Gasteiger charge is -2.15. The molecule has 0 bridgehead atoms. The number of nitrogens with one attached hydrogen (secondary N) is 1. The second-order valence-corrected chi connectivity index (χ2v) is 8.16. The first-order valence-electron chi connectivity index (χ1n) is 11.1. The molecule has 3 aromatic carbocycles. The van der Waals surface area contributed by atoms with Crippen LogP contribution in [-0.4, -0.2) is 22.4 Å². The summed E-state index contributed by atoms with van der Waals surface area (Å²) in [6.45, 7) is 1.98. The Morgan fingerprint density at radius 2 is 1.69 bits per heavy atom. The summed E-state index contributed by atoms with van der Waals surface area (Å²) in [7, 11) is 1.55. The molecule has 0 saturated carbocycles. The molecule has 0 fully saturated rings. The summed E-state index contributed by atoms with van der Waals surface area (Å²) in [5.74, 6) is 0.611. The van der Waals surface area contributed by atoms with Crippen LogP contribution in [0.25, 0.3) is 16.4 Å². The molecular weight excluding hydrogens is 442 g/mol. The fraction of sp³-hybridized carbons (Fsp3) is 0.107. The Labute approximate surface area is 201 Å². The minimum absolute atomic E-state index is 0.0347. The molecule has 0 aliphatic heterocycles. The number of pyridine rings is 1. The molecule has 1 N–H and O–H groups in total. The molecule has 174 valence electrons. The third-order valence-corrected chi connectivity index (χ3v) is 5.70. The number of hydrogen-bond acceptors (Lipinski definition) is 5. The number of ether oxygens (including phenoxy) is 2. The van der Waals surface area contributed by atoms with Gasteiger partial charge in [0.1, 0.15) is 23.8 Å². The molecular formula is C28H23N3O4. The first-order valence-corrected chi connectivity index (χ1v) is 11.1. The van der Waals surface area contributed by atoms with Crippen molar-refractivity contribution in [2.45, 2.75) is 13.5 Å². The number of aryl methyl sites for hydroxylation is 1. The number of amides is 1. The van der Waals surface area contributed by atoms with Crippen LogP contribution in [0.3, 0.4) is 0 Å². The van der Waals surface area contributed by atoms with E-state index in [9.17, 15) is 9.59 Å². The van der Waals surface area contributed by atoms with Gasteiger partial charge in [0.05, 0.1) is 24.1 Å². The van der Waals surface area contributed by atoms with Crippen molar-refractivity contribution in [1.82, 2.24) is 9.38 Å². The number of carbonyl (C=O) groups excluding carboxylic acids is 1. The minimum Gasteiger partial charge on any atom is -0.495 e. The van der Waals surface area contributed by atoms with Crippen molar-refractivity contribution >= 4 is 28.0 Å². The molecule has 35 heavy (non-hydrogen) atoms. The average Bonchev–Trinajstić information content (AvgIpc) is 2.87. The monoisotopic (exact) mass is 465 g/mol. The summed E-state index contributed by atoms with van der Waals surface area (Å²) in [5.41, 5.74) is 2.75. The number of para-hydroxylation sites is 2. The third-order valence-electron chi connectivity index (χ3n) is 5.70. The van der Waals surface area contributed by atoms with E-state index in [1.807, 2.05) is 61.5 Å². The highest BCUT2D eigenvalue weighted by atomic mass is 16.5. The van der Waals surface area contributed by atoms with Gasteiger partial charge in [0.15, 0.2) is 0 Å². The number of anilines is 1. The van der Waals surface area contributed by atoms with Crippen LogP contribution in [0.5, 0.6) is 11.5 Å². The standard InChI is InChI=1S/C28H23N3O4/c1-18-11-12-31-26(13-18)29-21(16-27(31)32)17-35-25-15-20-8-4-3-7-19(20)14-22(25)28(33)30-23-9-5-6-10-24(23)34-2/h3-16H,17H2,1-2H3,(H,30,33). The quantitative estimate of drug-likeness (QED) is 0.382. The van der Waals surface area contributed by atoms with E-state index in [0.29, 0.717) is 34.1 Å². The van der Waals surface area contributed by atoms with Gasteiger partial charge in [-0.3, -0.25) is 14.0 Å². The second-order valence-electron chi connectivity index (χ2n) is 8.16. The van der Waals surface area contributed by atoms with Crippen LogP contribution in [-0.2, 0) is 6.61 Å². The number of carbonyl (C=O) groups is 1. The van der Waals surface area contributed by atoms with Crippen LogP contribution in [0.15, 0.2) is 89.9 Å². The molecule has 0 atom stereocenters. The van der Waals surface area contributed by atoms with E-state index in [4.69, 9.17) is 9.47 Å². The molecule has 1 amide bonds. The Kier molecular flexibility index (Phi) is 5.89. The predicted molar refractivity (Wildman–Crippen MR) is 135 cm³/mol. The summed E-state index contributed by atoms with van der Waals surface area (Å²) >= 11 is 0. The van der Waals surface area contributed by atoms with Gasteiger partial charge in [-0.25, -0.2) is 4.98 Å². The van der Waals surface area contributed by atoms with E-state index in [2.05, 4.69) is 10.3 Å². The Hall–Kier alpha value is -4.65. The fourth-order valence-corrected chi connectivity index (χ4v) is 3.93. The highest BCUT2D eigenvalue weighted by molar-refractivity contribution is 6.09. The molecule has 2 heterocycles. The summed E-state index contributed by atoms with van der Waals surface area (Å²) in [6, 6.07) is 23.7. The highest BCUT2D eigenvalue weighted by Gasteiger charge is 2.17. The molecule has 0 aliphatic rings. The van der Waals surface area contributed by atoms with E-state index < -0.39 is 0 Å². The third kappa shape index (κ3) is 4.56. The van der Waals surface area contributed by atoms with Gasteiger partial charge >= 0.3 is 0 Å². The molecule has 7 nitrogen and oxygen atoms in total. The van der Waals surface area contributed by atoms with Crippen LogP contribution in [0.1, 0.15) is 21.6 Å². The number of hydrogen-bond donors (Lipinski definition) is 1. The van der Waals surface area contributed by atoms with Gasteiger partial charge in [0, 0.05) is 12.3 Å². The maximum Gasteiger partial charge on any atom is 0.259 e. The molecule has 5 aromatic rings. The van der Waals surface area contributed by atoms with Crippen molar-refractivity contribution < 1.29 is 14.3 Å². The van der Waals surface area contributed by atoms with E-state index in [0.717, 1.165) is 16.3 Å². The average molecular weight is 466 g/mol. The number of rotatable bonds is 6. The van der Waals surface area contributed by atoms with Crippen molar-refractivity contribution in [3.8, 4) is 11.5 Å². The Balaban J connectivity index is 1.49. The van der Waals surface area contributed by atoms with E-state index >= 15 is 0 Å². The lowest BCUT2D eigenvalue weighted by Crippen LogP contribution is -2.17. The molecule has 5 rings (SSSR count). The molecule has 7 heteroatoms. The van der Waals surface area contributed by atoms with Crippen molar-refractivity contribution in [1.29, 1.82) is 0 Å². The molecule has 0 radical (unpaired) electrons. The van der Waals surface area contributed by atoms with Gasteiger partial charge in [0.2, 0.25) is 0 Å². The fourth-order valence-electron chi connectivity index (χ4n) is 3.93. The van der Waals surface area contributed by atoms with Gasteiger partial charge < -0.3 is 14.8 Å². The Bertz CT molecular complexity index is 1620. The lowest BCUT2D eigenvalue weighted by atomic mass is 10.0. The van der Waals surface area contributed by atoms with Crippen LogP contribution in [0, 0.1) is 6.92 Å². The van der Waals surface area contributed by atoms with Crippen molar-refractivity contribution in [3.05, 3.63) is 112 Å². The van der Waals surface area contributed by atoms with Gasteiger partial charge in [-0.2, -0.15) is 0 Å². The first-order chi connectivity index (χ1) is 17.0. The summed E-state index contributed by atoms with van der Waals surface area (Å²) < 4.78 is 12.9. The number of fused-ring (bicyclic) bond motifs is 2. The highest BCUT2D eigenvalue weighted by Crippen LogP contribution is 2.29. The van der Waals surface area contributed by atoms with Gasteiger partial charge in [0.25, 0.3) is 11.5 Å². The maximum absolute atomic E-state index is 13.3. The zero-order chi connectivity index (χ0) is 24.4. The molecule has 2 aromatic heterocycles. The molecule has 0 saturated heterocycles. The number of methoxy groups -OCH3 is 1. The predicted octanol–water partition coefficient (Wildman–Crippen LogP) is 5.00. The topological polar surface area (TPSA) is 81.9 Å². The van der Waals surface area contributed by atoms with Crippen molar-refractivity contribution in [2.75, 3.05) is 12.4 Å². The van der Waals surface area contributed by atoms with Crippen LogP contribution < -0.4 is 20.3 Å². The number of aromatic nitrogens is 2. The van der Waals surface area contributed by atoms with Crippen LogP contribution in [0.4, 0.5) is 5.69 Å². The minimum atomic E-state index is -0.336. The first kappa shape index (κ1) is 22.2. The summed E-state index contributed by atoms with van der Waals surface area (Å²) in [6.07, 6.45) is 1.70. The number of benzene rings is 3. The zero-order valence-corrected chi connectivity index (χ0v) is 19.3. The second kappa shape index (κ2) is 9.30. The lowest BCUT2D eigenvalue weighted by molar-refractivity contribution is 0.102. The van der Waals surface area contributed by atoms with Gasteiger partial charge in [-0.1, -0.05) is 36.4 Å². The van der Waals surface area contributed by atoms with Gasteiger partial charge in [-0.15, -0.1) is 0 Å². The Morgan fingerprint density at radius 1 is 0.943 bits per heavy atom. The summed E-state index contributed by atoms with van der Waals surface area (Å²) in [4.78, 5) is 30.4. The zero-order valence-electron chi connectivity index (χ0n) is 19.3. The SMILES string of the molecule is COc1ccccc1NC(=O)c1cc2ccccc2cc1OCc1cc(=O)n2ccc(C)cc2n1. The van der Waals surface area contributed by atoms with Crippen LogP contribution in [0.2, 0.25) is 0 Å². The Morgan fingerprint density at radius 3 is 2.49 bits per heavy atom. The summed E-state index contributed by atoms with van der Waals surface area (Å²) in [5, 5.41) is 4.74. The van der Waals surface area contributed by atoms with Crippen molar-refractivity contribution in [3.63, 3.8) is 0 Å².